The van der Waals surface area contributed by atoms with Crippen molar-refractivity contribution in [3.05, 3.63) is 53.6 Å². The second-order valence-electron chi connectivity index (χ2n) is 6.33. The molecule has 6 nitrogen and oxygen atoms in total. The average Bonchev–Trinajstić information content (AvgIpc) is 2.75. The number of halogens is 4. The van der Waals surface area contributed by atoms with Crippen molar-refractivity contribution < 1.29 is 41.3 Å². The molecule has 0 aliphatic rings. The second kappa shape index (κ2) is 11.8. The number of nitrogens with zero attached hydrogens (tertiary/aromatic N) is 1. The van der Waals surface area contributed by atoms with Crippen molar-refractivity contribution in [2.24, 2.45) is 0 Å². The van der Waals surface area contributed by atoms with Crippen LogP contribution in [-0.2, 0) is 11.3 Å². The van der Waals surface area contributed by atoms with E-state index in [1.165, 1.54) is 37.3 Å². The summed E-state index contributed by atoms with van der Waals surface area (Å²) in [7, 11) is 3.02. The molecular weight excluding hydrogens is 434 g/mol. The van der Waals surface area contributed by atoms with Crippen LogP contribution >= 0.6 is 0 Å². The van der Waals surface area contributed by atoms with Crippen LogP contribution in [0.5, 0.6) is 23.0 Å². The Labute approximate surface area is 182 Å². The first-order chi connectivity index (χ1) is 15.3. The Hall–Kier alpha value is -3.43. The lowest BCUT2D eigenvalue weighted by Gasteiger charge is -2.20. The Balaban J connectivity index is 2.19. The number of rotatable bonds is 11. The maximum atomic E-state index is 12.7. The fourth-order valence-corrected chi connectivity index (χ4v) is 2.84. The molecule has 0 bridgehead atoms. The minimum absolute atomic E-state index is 0.0995. The summed E-state index contributed by atoms with van der Waals surface area (Å²) in [4.78, 5) is 14.2. The molecule has 174 valence electrons. The third kappa shape index (κ3) is 7.07. The largest absolute Gasteiger partial charge is 0.493 e. The Bertz CT molecular complexity index is 937. The van der Waals surface area contributed by atoms with Crippen LogP contribution < -0.4 is 18.9 Å². The predicted molar refractivity (Wildman–Crippen MR) is 109 cm³/mol. The third-order valence-electron chi connectivity index (χ3n) is 4.35. The van der Waals surface area contributed by atoms with Crippen molar-refractivity contribution in [1.29, 1.82) is 0 Å². The fraction of sp³-hybridized carbons (Fsp3) is 0.318. The normalized spacial score (nSPS) is 11.2. The van der Waals surface area contributed by atoms with Gasteiger partial charge in [-0.25, -0.2) is 0 Å². The topological polar surface area (TPSA) is 57.2 Å². The van der Waals surface area contributed by atoms with Gasteiger partial charge >= 0.3 is 13.2 Å². The highest BCUT2D eigenvalue weighted by Gasteiger charge is 2.14. The number of alkyl halides is 4. The molecule has 0 saturated carbocycles. The van der Waals surface area contributed by atoms with Gasteiger partial charge in [0.2, 0.25) is 5.91 Å². The fourth-order valence-electron chi connectivity index (χ4n) is 2.84. The molecule has 2 aromatic rings. The highest BCUT2D eigenvalue weighted by atomic mass is 19.3. The molecule has 2 rings (SSSR count). The van der Waals surface area contributed by atoms with E-state index in [2.05, 4.69) is 9.47 Å². The van der Waals surface area contributed by atoms with Gasteiger partial charge in [-0.3, -0.25) is 4.79 Å². The van der Waals surface area contributed by atoms with Crippen LogP contribution in [0.2, 0.25) is 0 Å². The van der Waals surface area contributed by atoms with Crippen molar-refractivity contribution in [2.75, 3.05) is 20.8 Å². The molecule has 0 spiro atoms. The number of carbonyl (C=O) groups is 1. The summed E-state index contributed by atoms with van der Waals surface area (Å²) in [6.45, 7) is -3.88. The van der Waals surface area contributed by atoms with Crippen LogP contribution in [0.3, 0.4) is 0 Å². The number of carbonyl (C=O) groups excluding carboxylic acids is 1. The molecule has 0 N–H and O–H groups in total. The molecule has 1 amide bonds. The van der Waals surface area contributed by atoms with Crippen LogP contribution in [-0.4, -0.2) is 44.8 Å². The SMILES string of the molecule is CCN(Cc1ccc(OC)c(OC)c1)C(=O)/C=C/c1ccc(OC(F)F)cc1OC(F)F. The molecule has 2 aromatic carbocycles. The molecule has 0 atom stereocenters. The molecular formula is C22H23F4NO5. The zero-order valence-corrected chi connectivity index (χ0v) is 17.7. The molecule has 0 aromatic heterocycles. The van der Waals surface area contributed by atoms with Crippen molar-refractivity contribution in [3.8, 4) is 23.0 Å². The Morgan fingerprint density at radius 3 is 2.22 bits per heavy atom. The maximum Gasteiger partial charge on any atom is 0.387 e. The zero-order valence-electron chi connectivity index (χ0n) is 17.7. The molecule has 0 radical (unpaired) electrons. The number of benzene rings is 2. The molecule has 32 heavy (non-hydrogen) atoms. The maximum absolute atomic E-state index is 12.7. The second-order valence-corrected chi connectivity index (χ2v) is 6.33. The summed E-state index contributed by atoms with van der Waals surface area (Å²) in [6, 6.07) is 8.56. The van der Waals surface area contributed by atoms with E-state index < -0.39 is 24.9 Å². The first-order valence-corrected chi connectivity index (χ1v) is 9.48. The minimum Gasteiger partial charge on any atom is -0.493 e. The lowest BCUT2D eigenvalue weighted by Crippen LogP contribution is -2.28. The summed E-state index contributed by atoms with van der Waals surface area (Å²) < 4.78 is 69.2. The van der Waals surface area contributed by atoms with Gasteiger partial charge in [-0.1, -0.05) is 6.07 Å². The number of methoxy groups -OCH3 is 2. The van der Waals surface area contributed by atoms with Gasteiger partial charge in [-0.15, -0.1) is 0 Å². The van der Waals surface area contributed by atoms with Gasteiger partial charge in [-0.05, 0) is 42.8 Å². The van der Waals surface area contributed by atoms with E-state index in [0.29, 0.717) is 18.0 Å². The van der Waals surface area contributed by atoms with Crippen LogP contribution in [0.25, 0.3) is 6.08 Å². The molecule has 0 heterocycles. The van der Waals surface area contributed by atoms with Crippen molar-refractivity contribution in [2.45, 2.75) is 26.7 Å². The lowest BCUT2D eigenvalue weighted by molar-refractivity contribution is -0.126. The van der Waals surface area contributed by atoms with Gasteiger partial charge in [0.1, 0.15) is 11.5 Å². The summed E-state index contributed by atoms with van der Waals surface area (Å²) in [6.07, 6.45) is 2.45. The van der Waals surface area contributed by atoms with Gasteiger partial charge in [0.15, 0.2) is 11.5 Å². The van der Waals surface area contributed by atoms with Crippen molar-refractivity contribution >= 4 is 12.0 Å². The van der Waals surface area contributed by atoms with Gasteiger partial charge < -0.3 is 23.8 Å². The van der Waals surface area contributed by atoms with Crippen LogP contribution in [0.4, 0.5) is 17.6 Å². The minimum atomic E-state index is -3.18. The van der Waals surface area contributed by atoms with E-state index in [9.17, 15) is 22.4 Å². The molecule has 0 aliphatic heterocycles. The Morgan fingerprint density at radius 2 is 1.62 bits per heavy atom. The highest BCUT2D eigenvalue weighted by molar-refractivity contribution is 5.92. The van der Waals surface area contributed by atoms with E-state index in [0.717, 1.165) is 17.7 Å². The van der Waals surface area contributed by atoms with Crippen molar-refractivity contribution in [3.63, 3.8) is 0 Å². The number of likely N-dealkylation sites (N-methyl/N-ethyl adjacent to an activating group) is 1. The number of hydrogen-bond donors (Lipinski definition) is 0. The van der Waals surface area contributed by atoms with Crippen LogP contribution in [0, 0.1) is 0 Å². The summed E-state index contributed by atoms with van der Waals surface area (Å²) in [5, 5.41) is 0. The van der Waals surface area contributed by atoms with Crippen molar-refractivity contribution in [1.82, 2.24) is 4.90 Å². The van der Waals surface area contributed by atoms with Gasteiger partial charge in [-0.2, -0.15) is 17.6 Å². The van der Waals surface area contributed by atoms with Crippen LogP contribution in [0.1, 0.15) is 18.1 Å². The van der Waals surface area contributed by atoms with E-state index >= 15 is 0 Å². The highest BCUT2D eigenvalue weighted by Crippen LogP contribution is 2.29. The lowest BCUT2D eigenvalue weighted by atomic mass is 10.1. The number of amides is 1. The smallest absolute Gasteiger partial charge is 0.387 e. The summed E-state index contributed by atoms with van der Waals surface area (Å²) in [5.74, 6) is -0.0635. The summed E-state index contributed by atoms with van der Waals surface area (Å²) in [5.41, 5.74) is 0.893. The Morgan fingerprint density at radius 1 is 0.938 bits per heavy atom. The van der Waals surface area contributed by atoms with Gasteiger partial charge in [0.05, 0.1) is 14.2 Å². The Kier molecular flexibility index (Phi) is 9.18. The zero-order chi connectivity index (χ0) is 23.7. The standard InChI is InChI=1S/C22H23F4NO5/c1-4-27(13-14-5-9-17(29-2)19(11-14)30-3)20(28)10-7-15-6-8-16(31-21(23)24)12-18(15)32-22(25)26/h5-12,21-22H,4,13H2,1-3H3/b10-7+. The monoisotopic (exact) mass is 457 g/mol. The quantitative estimate of drug-likeness (QED) is 0.352. The van der Waals surface area contributed by atoms with E-state index in [1.807, 2.05) is 0 Å². The van der Waals surface area contributed by atoms with E-state index in [1.54, 1.807) is 25.1 Å². The third-order valence-corrected chi connectivity index (χ3v) is 4.35. The first kappa shape index (κ1) is 24.8. The van der Waals surface area contributed by atoms with E-state index in [4.69, 9.17) is 9.47 Å². The van der Waals surface area contributed by atoms with Gasteiger partial charge in [0.25, 0.3) is 0 Å². The molecule has 0 fully saturated rings. The van der Waals surface area contributed by atoms with Gasteiger partial charge in [0, 0.05) is 30.8 Å². The van der Waals surface area contributed by atoms with E-state index in [-0.39, 0.29) is 17.9 Å². The molecule has 0 saturated heterocycles. The van der Waals surface area contributed by atoms with Crippen LogP contribution in [0.15, 0.2) is 42.5 Å². The predicted octanol–water partition coefficient (Wildman–Crippen LogP) is 4.97. The number of ether oxygens (including phenoxy) is 4. The number of hydrogen-bond acceptors (Lipinski definition) is 5. The molecule has 10 heteroatoms. The first-order valence-electron chi connectivity index (χ1n) is 9.48. The summed E-state index contributed by atoms with van der Waals surface area (Å²) >= 11 is 0. The average molecular weight is 457 g/mol. The molecule has 0 aliphatic carbocycles. The molecule has 0 unspecified atom stereocenters.